The largest absolute Gasteiger partial charge is 0.462 e. The Morgan fingerprint density at radius 1 is 1.44 bits per heavy atom. The third-order valence-electron chi connectivity index (χ3n) is 2.25. The van der Waals surface area contributed by atoms with Crippen LogP contribution in [0.25, 0.3) is 10.1 Å². The number of rotatable bonds is 2. The molecule has 0 fully saturated rings. The van der Waals surface area contributed by atoms with Gasteiger partial charge in [-0.1, -0.05) is 12.1 Å². The molecule has 2 rings (SSSR count). The standard InChI is InChI=1S/C11H12N2O2S/c1-2-15-11(14)10-8(13)6-4-3-5-7(12)9(6)16-10/h3-5H,2,12-13H2,1H3. The first-order valence-electron chi connectivity index (χ1n) is 4.88. The molecule has 4 nitrogen and oxygen atoms in total. The Hall–Kier alpha value is -1.75. The maximum Gasteiger partial charge on any atom is 0.350 e. The molecule has 0 aliphatic carbocycles. The summed E-state index contributed by atoms with van der Waals surface area (Å²) in [5.74, 6) is -0.388. The number of esters is 1. The molecule has 0 aliphatic rings. The molecule has 0 saturated heterocycles. The Balaban J connectivity index is 2.60. The van der Waals surface area contributed by atoms with Gasteiger partial charge < -0.3 is 16.2 Å². The Bertz CT molecular complexity index is 548. The van der Waals surface area contributed by atoms with Gasteiger partial charge in [-0.3, -0.25) is 0 Å². The van der Waals surface area contributed by atoms with E-state index < -0.39 is 0 Å². The molecule has 1 aromatic heterocycles. The molecular weight excluding hydrogens is 224 g/mol. The molecule has 0 atom stereocenters. The minimum absolute atomic E-state index is 0.335. The SMILES string of the molecule is CCOC(=O)c1sc2c(N)cccc2c1N. The molecule has 0 spiro atoms. The van der Waals surface area contributed by atoms with Crippen LogP contribution in [0.2, 0.25) is 0 Å². The van der Waals surface area contributed by atoms with Gasteiger partial charge in [-0.25, -0.2) is 4.79 Å². The van der Waals surface area contributed by atoms with Crippen LogP contribution >= 0.6 is 11.3 Å². The van der Waals surface area contributed by atoms with E-state index in [4.69, 9.17) is 16.2 Å². The van der Waals surface area contributed by atoms with Crippen LogP contribution in [0.15, 0.2) is 18.2 Å². The summed E-state index contributed by atoms with van der Waals surface area (Å²) in [5.41, 5.74) is 12.8. The normalized spacial score (nSPS) is 10.6. The summed E-state index contributed by atoms with van der Waals surface area (Å²) in [6.07, 6.45) is 0. The van der Waals surface area contributed by atoms with Crippen LogP contribution in [0.5, 0.6) is 0 Å². The number of anilines is 2. The average molecular weight is 236 g/mol. The first kappa shape index (κ1) is 10.8. The molecule has 4 N–H and O–H groups in total. The number of hydrogen-bond donors (Lipinski definition) is 2. The molecule has 84 valence electrons. The average Bonchev–Trinajstić information content (AvgIpc) is 2.59. The van der Waals surface area contributed by atoms with Crippen molar-refractivity contribution in [2.24, 2.45) is 0 Å². The monoisotopic (exact) mass is 236 g/mol. The summed E-state index contributed by atoms with van der Waals surface area (Å²) in [4.78, 5) is 12.0. The van der Waals surface area contributed by atoms with E-state index in [9.17, 15) is 4.79 Å². The van der Waals surface area contributed by atoms with Crippen LogP contribution in [0.1, 0.15) is 16.6 Å². The minimum atomic E-state index is -0.388. The van der Waals surface area contributed by atoms with Crippen molar-refractivity contribution < 1.29 is 9.53 Å². The van der Waals surface area contributed by atoms with Gasteiger partial charge in [-0.15, -0.1) is 11.3 Å². The Kier molecular flexibility index (Phi) is 2.70. The predicted molar refractivity (Wildman–Crippen MR) is 66.6 cm³/mol. The van der Waals surface area contributed by atoms with Crippen LogP contribution in [-0.2, 0) is 4.74 Å². The molecule has 16 heavy (non-hydrogen) atoms. The number of ether oxygens (including phenoxy) is 1. The van der Waals surface area contributed by atoms with Gasteiger partial charge in [0.15, 0.2) is 0 Å². The van der Waals surface area contributed by atoms with Crippen molar-refractivity contribution in [3.8, 4) is 0 Å². The van der Waals surface area contributed by atoms with Gasteiger partial charge in [0, 0.05) is 11.1 Å². The molecule has 0 amide bonds. The number of nitrogens with two attached hydrogens (primary N) is 2. The van der Waals surface area contributed by atoms with E-state index in [2.05, 4.69) is 0 Å². The Morgan fingerprint density at radius 3 is 2.81 bits per heavy atom. The lowest BCUT2D eigenvalue weighted by Crippen LogP contribution is -2.04. The fourth-order valence-corrected chi connectivity index (χ4v) is 2.55. The number of nitrogen functional groups attached to an aromatic ring is 2. The summed E-state index contributed by atoms with van der Waals surface area (Å²) in [7, 11) is 0. The van der Waals surface area contributed by atoms with Crippen molar-refractivity contribution in [3.05, 3.63) is 23.1 Å². The molecule has 2 aromatic rings. The molecule has 0 bridgehead atoms. The number of carbonyl (C=O) groups is 1. The van der Waals surface area contributed by atoms with Gasteiger partial charge in [-0.2, -0.15) is 0 Å². The highest BCUT2D eigenvalue weighted by molar-refractivity contribution is 7.22. The Morgan fingerprint density at radius 2 is 2.19 bits per heavy atom. The van der Waals surface area contributed by atoms with E-state index in [0.29, 0.717) is 22.9 Å². The van der Waals surface area contributed by atoms with E-state index in [-0.39, 0.29) is 5.97 Å². The Labute approximate surface area is 96.8 Å². The highest BCUT2D eigenvalue weighted by Gasteiger charge is 2.18. The smallest absolute Gasteiger partial charge is 0.350 e. The lowest BCUT2D eigenvalue weighted by molar-refractivity contribution is 0.0533. The molecular formula is C11H12N2O2S. The molecule has 1 heterocycles. The van der Waals surface area contributed by atoms with Crippen molar-refractivity contribution in [2.45, 2.75) is 6.92 Å². The molecule has 5 heteroatoms. The second kappa shape index (κ2) is 4.02. The van der Waals surface area contributed by atoms with Crippen molar-refractivity contribution in [1.29, 1.82) is 0 Å². The van der Waals surface area contributed by atoms with E-state index in [1.807, 2.05) is 12.1 Å². The molecule has 0 aliphatic heterocycles. The number of fused-ring (bicyclic) bond motifs is 1. The number of benzene rings is 1. The summed E-state index contributed by atoms with van der Waals surface area (Å²) in [6.45, 7) is 2.10. The van der Waals surface area contributed by atoms with E-state index >= 15 is 0 Å². The number of hydrogen-bond acceptors (Lipinski definition) is 5. The summed E-state index contributed by atoms with van der Waals surface area (Å²) in [6, 6.07) is 5.45. The van der Waals surface area contributed by atoms with E-state index in [1.54, 1.807) is 13.0 Å². The highest BCUT2D eigenvalue weighted by atomic mass is 32.1. The van der Waals surface area contributed by atoms with Crippen molar-refractivity contribution in [1.82, 2.24) is 0 Å². The fraction of sp³-hybridized carbons (Fsp3) is 0.182. The second-order valence-corrected chi connectivity index (χ2v) is 4.31. The van der Waals surface area contributed by atoms with Crippen LogP contribution in [-0.4, -0.2) is 12.6 Å². The van der Waals surface area contributed by atoms with Crippen LogP contribution in [0, 0.1) is 0 Å². The molecule has 0 unspecified atom stereocenters. The zero-order valence-corrected chi connectivity index (χ0v) is 9.64. The molecule has 1 aromatic carbocycles. The quantitative estimate of drug-likeness (QED) is 0.619. The van der Waals surface area contributed by atoms with Crippen LogP contribution in [0.4, 0.5) is 11.4 Å². The van der Waals surface area contributed by atoms with Crippen molar-refractivity contribution in [2.75, 3.05) is 18.1 Å². The maximum atomic E-state index is 11.6. The first-order chi connectivity index (χ1) is 7.65. The van der Waals surface area contributed by atoms with Gasteiger partial charge in [0.1, 0.15) is 4.88 Å². The third kappa shape index (κ3) is 1.59. The minimum Gasteiger partial charge on any atom is -0.462 e. The zero-order chi connectivity index (χ0) is 11.7. The third-order valence-corrected chi connectivity index (χ3v) is 3.50. The predicted octanol–water partition coefficient (Wildman–Crippen LogP) is 2.24. The second-order valence-electron chi connectivity index (χ2n) is 3.29. The molecule has 0 saturated carbocycles. The maximum absolute atomic E-state index is 11.6. The first-order valence-corrected chi connectivity index (χ1v) is 5.70. The highest BCUT2D eigenvalue weighted by Crippen LogP contribution is 2.37. The summed E-state index contributed by atoms with van der Waals surface area (Å²) < 4.78 is 5.77. The summed E-state index contributed by atoms with van der Waals surface area (Å²) in [5, 5.41) is 0.813. The topological polar surface area (TPSA) is 78.3 Å². The van der Waals surface area contributed by atoms with E-state index in [0.717, 1.165) is 10.1 Å². The lowest BCUT2D eigenvalue weighted by Gasteiger charge is -1.98. The van der Waals surface area contributed by atoms with Crippen LogP contribution < -0.4 is 11.5 Å². The van der Waals surface area contributed by atoms with Crippen molar-refractivity contribution in [3.63, 3.8) is 0 Å². The van der Waals surface area contributed by atoms with Gasteiger partial charge >= 0.3 is 5.97 Å². The number of thiophene rings is 1. The number of carbonyl (C=O) groups excluding carboxylic acids is 1. The van der Waals surface area contributed by atoms with Crippen LogP contribution in [0.3, 0.4) is 0 Å². The zero-order valence-electron chi connectivity index (χ0n) is 8.82. The van der Waals surface area contributed by atoms with Gasteiger partial charge in [0.05, 0.1) is 17.0 Å². The fourth-order valence-electron chi connectivity index (χ4n) is 1.51. The van der Waals surface area contributed by atoms with Gasteiger partial charge in [0.25, 0.3) is 0 Å². The lowest BCUT2D eigenvalue weighted by atomic mass is 10.2. The van der Waals surface area contributed by atoms with Gasteiger partial charge in [0.2, 0.25) is 0 Å². The van der Waals surface area contributed by atoms with Gasteiger partial charge in [-0.05, 0) is 13.0 Å². The van der Waals surface area contributed by atoms with Crippen molar-refractivity contribution >= 4 is 38.8 Å². The molecule has 0 radical (unpaired) electrons. The summed E-state index contributed by atoms with van der Waals surface area (Å²) >= 11 is 1.27. The van der Waals surface area contributed by atoms with E-state index in [1.165, 1.54) is 11.3 Å².